The van der Waals surface area contributed by atoms with Gasteiger partial charge in [-0.25, -0.2) is 19.2 Å². The molecule has 186 valence electrons. The number of hydrogen-bond donors (Lipinski definition) is 2. The topological polar surface area (TPSA) is 128 Å². The van der Waals surface area contributed by atoms with Crippen LogP contribution in [-0.4, -0.2) is 42.5 Å². The number of nitrogens with zero attached hydrogens (tertiary/aromatic N) is 2. The summed E-state index contributed by atoms with van der Waals surface area (Å²) in [6.07, 6.45) is -1.59. The summed E-state index contributed by atoms with van der Waals surface area (Å²) in [5.41, 5.74) is -0.543. The van der Waals surface area contributed by atoms with E-state index in [1.54, 1.807) is 77.9 Å². The molecule has 0 aliphatic heterocycles. The maximum atomic E-state index is 12.6. The molecule has 0 radical (unpaired) electrons. The molecule has 36 heavy (non-hydrogen) atoms. The second-order valence-electron chi connectivity index (χ2n) is 10.1. The van der Waals surface area contributed by atoms with Gasteiger partial charge in [0.05, 0.1) is 33.2 Å². The highest BCUT2D eigenvalue weighted by Gasteiger charge is 2.23. The molecule has 10 nitrogen and oxygen atoms in total. The summed E-state index contributed by atoms with van der Waals surface area (Å²) < 4.78 is 12.5. The van der Waals surface area contributed by atoms with Crippen molar-refractivity contribution < 1.29 is 19.1 Å². The summed E-state index contributed by atoms with van der Waals surface area (Å²) in [6, 6.07) is 9.95. The fraction of sp³-hybridized carbons (Fsp3) is 0.308. The number of ether oxygens (including phenoxy) is 2. The van der Waals surface area contributed by atoms with E-state index in [9.17, 15) is 19.2 Å². The van der Waals surface area contributed by atoms with Crippen molar-refractivity contribution in [2.75, 3.05) is 0 Å². The molecule has 2 aromatic heterocycles. The van der Waals surface area contributed by atoms with E-state index in [0.29, 0.717) is 33.2 Å². The Labute approximate surface area is 205 Å². The van der Waals surface area contributed by atoms with Crippen molar-refractivity contribution in [3.05, 3.63) is 68.5 Å². The van der Waals surface area contributed by atoms with Crippen LogP contribution in [0.15, 0.2) is 46.0 Å². The Morgan fingerprint density at radius 1 is 0.694 bits per heavy atom. The van der Waals surface area contributed by atoms with Gasteiger partial charge in [0, 0.05) is 0 Å². The van der Waals surface area contributed by atoms with E-state index in [4.69, 9.17) is 9.47 Å². The van der Waals surface area contributed by atoms with E-state index in [0.717, 1.165) is 9.13 Å². The van der Waals surface area contributed by atoms with Gasteiger partial charge in [-0.05, 0) is 65.8 Å². The van der Waals surface area contributed by atoms with Crippen LogP contribution in [0.3, 0.4) is 0 Å². The lowest BCUT2D eigenvalue weighted by molar-refractivity contribution is 0.0527. The van der Waals surface area contributed by atoms with Crippen molar-refractivity contribution in [1.82, 2.24) is 19.1 Å². The molecule has 0 atom stereocenters. The van der Waals surface area contributed by atoms with E-state index in [1.807, 2.05) is 0 Å². The maximum absolute atomic E-state index is 12.6. The lowest BCUT2D eigenvalue weighted by atomic mass is 10.1. The van der Waals surface area contributed by atoms with Crippen LogP contribution in [0.5, 0.6) is 0 Å². The van der Waals surface area contributed by atoms with E-state index in [1.165, 1.54) is 0 Å². The Morgan fingerprint density at radius 2 is 1.06 bits per heavy atom. The first-order chi connectivity index (χ1) is 16.7. The zero-order valence-corrected chi connectivity index (χ0v) is 20.8. The van der Waals surface area contributed by atoms with Gasteiger partial charge in [-0.3, -0.25) is 0 Å². The van der Waals surface area contributed by atoms with Gasteiger partial charge in [0.1, 0.15) is 11.2 Å². The summed E-state index contributed by atoms with van der Waals surface area (Å²) in [7, 11) is 0. The monoisotopic (exact) mass is 490 g/mol. The van der Waals surface area contributed by atoms with Gasteiger partial charge in [0.2, 0.25) is 0 Å². The summed E-state index contributed by atoms with van der Waals surface area (Å²) in [5.74, 6) is 5.97. The largest absolute Gasteiger partial charge is 0.443 e. The number of hydrogen-bond acceptors (Lipinski definition) is 6. The number of nitrogens with one attached hydrogen (secondary N) is 2. The number of fused-ring (bicyclic) bond motifs is 2. The molecule has 0 amide bonds. The molecule has 0 bridgehead atoms. The third-order valence-corrected chi connectivity index (χ3v) is 4.92. The number of H-pyrrole nitrogens is 2. The van der Waals surface area contributed by atoms with Gasteiger partial charge in [0.15, 0.2) is 0 Å². The fourth-order valence-electron chi connectivity index (χ4n) is 3.58. The Bertz CT molecular complexity index is 1570. The van der Waals surface area contributed by atoms with Crippen molar-refractivity contribution >= 4 is 34.3 Å². The highest BCUT2D eigenvalue weighted by molar-refractivity contribution is 5.91. The van der Waals surface area contributed by atoms with Crippen LogP contribution in [0.2, 0.25) is 0 Å². The summed E-state index contributed by atoms with van der Waals surface area (Å²) in [5, 5.41) is 0. The summed E-state index contributed by atoms with van der Waals surface area (Å²) >= 11 is 0. The summed E-state index contributed by atoms with van der Waals surface area (Å²) in [6.45, 7) is 10.3. The maximum Gasteiger partial charge on any atom is 0.423 e. The van der Waals surface area contributed by atoms with E-state index >= 15 is 0 Å². The average Bonchev–Trinajstić information content (AvgIpc) is 3.25. The minimum absolute atomic E-state index is 0.323. The second kappa shape index (κ2) is 8.61. The van der Waals surface area contributed by atoms with Gasteiger partial charge in [-0.15, -0.1) is 0 Å². The zero-order valence-electron chi connectivity index (χ0n) is 20.8. The first-order valence-electron chi connectivity index (χ1n) is 11.2. The molecule has 0 saturated carbocycles. The van der Waals surface area contributed by atoms with Crippen LogP contribution in [0.4, 0.5) is 9.59 Å². The van der Waals surface area contributed by atoms with Crippen molar-refractivity contribution in [3.63, 3.8) is 0 Å². The molecule has 0 fully saturated rings. The Morgan fingerprint density at radius 3 is 1.39 bits per heavy atom. The van der Waals surface area contributed by atoms with Gasteiger partial charge in [-0.2, -0.15) is 9.13 Å². The number of aromatic amines is 2. The Hall–Kier alpha value is -4.52. The number of rotatable bonds is 0. The van der Waals surface area contributed by atoms with Crippen molar-refractivity contribution in [1.29, 1.82) is 0 Å². The SMILES string of the molecule is CC(C)(C)OC(=O)n1c(=O)[nH]c2c(C#Cc3cccc4c3[nH]c(=O)n4C(=O)OC(C)(C)C)cccc21. The third kappa shape index (κ3) is 4.81. The lowest BCUT2D eigenvalue weighted by Crippen LogP contribution is -2.32. The van der Waals surface area contributed by atoms with Crippen LogP contribution < -0.4 is 11.4 Å². The van der Waals surface area contributed by atoms with Gasteiger partial charge in [0.25, 0.3) is 0 Å². The highest BCUT2D eigenvalue weighted by atomic mass is 16.6. The number of para-hydroxylation sites is 2. The van der Waals surface area contributed by atoms with Gasteiger partial charge in [-0.1, -0.05) is 24.0 Å². The van der Waals surface area contributed by atoms with Crippen molar-refractivity contribution in [3.8, 4) is 11.8 Å². The molecule has 4 aromatic rings. The quantitative estimate of drug-likeness (QED) is 0.359. The number of imidazole rings is 2. The molecular formula is C26H26N4O6. The molecule has 2 aromatic carbocycles. The molecule has 0 spiro atoms. The molecule has 0 aliphatic rings. The number of carbonyl (C=O) groups excluding carboxylic acids is 2. The predicted octanol–water partition coefficient (Wildman–Crippen LogP) is 3.94. The van der Waals surface area contributed by atoms with Crippen molar-refractivity contribution in [2.45, 2.75) is 52.7 Å². The first-order valence-corrected chi connectivity index (χ1v) is 11.2. The smallest absolute Gasteiger partial charge is 0.423 e. The van der Waals surface area contributed by atoms with Crippen LogP contribution in [0.1, 0.15) is 52.7 Å². The number of benzene rings is 2. The Kier molecular flexibility index (Phi) is 5.88. The molecule has 2 N–H and O–H groups in total. The standard InChI is InChI=1S/C26H26N4O6/c1-25(2,3)35-23(33)29-17-11-7-9-15(19(17)27-21(29)31)13-14-16-10-8-12-18-20(16)28-22(32)30(18)24(34)36-26(4,5)6/h7-12H,1-6H3,(H,27,31)(H,28,32). The second-order valence-corrected chi connectivity index (χ2v) is 10.1. The fourth-order valence-corrected chi connectivity index (χ4v) is 3.58. The van der Waals surface area contributed by atoms with Crippen LogP contribution in [-0.2, 0) is 9.47 Å². The highest BCUT2D eigenvalue weighted by Crippen LogP contribution is 2.19. The van der Waals surface area contributed by atoms with E-state index in [-0.39, 0.29) is 0 Å². The minimum atomic E-state index is -0.797. The normalized spacial score (nSPS) is 11.8. The van der Waals surface area contributed by atoms with E-state index in [2.05, 4.69) is 21.8 Å². The summed E-state index contributed by atoms with van der Waals surface area (Å²) in [4.78, 5) is 55.6. The number of carbonyl (C=O) groups is 2. The molecular weight excluding hydrogens is 464 g/mol. The van der Waals surface area contributed by atoms with Crippen LogP contribution >= 0.6 is 0 Å². The molecule has 0 saturated heterocycles. The molecule has 2 heterocycles. The molecule has 0 aliphatic carbocycles. The molecule has 10 heteroatoms. The Balaban J connectivity index is 1.78. The number of aromatic nitrogens is 4. The minimum Gasteiger partial charge on any atom is -0.443 e. The van der Waals surface area contributed by atoms with E-state index < -0.39 is 34.8 Å². The third-order valence-electron chi connectivity index (χ3n) is 4.92. The predicted molar refractivity (Wildman–Crippen MR) is 134 cm³/mol. The lowest BCUT2D eigenvalue weighted by Gasteiger charge is -2.19. The van der Waals surface area contributed by atoms with Gasteiger partial charge >= 0.3 is 23.6 Å². The first kappa shape index (κ1) is 24.6. The molecule has 0 unspecified atom stereocenters. The van der Waals surface area contributed by atoms with Crippen LogP contribution in [0.25, 0.3) is 22.1 Å². The van der Waals surface area contributed by atoms with Crippen molar-refractivity contribution in [2.24, 2.45) is 0 Å². The average molecular weight is 491 g/mol. The van der Waals surface area contributed by atoms with Crippen LogP contribution in [0, 0.1) is 11.8 Å². The molecule has 4 rings (SSSR count). The zero-order chi connectivity index (χ0) is 26.4. The van der Waals surface area contributed by atoms with Gasteiger partial charge < -0.3 is 19.4 Å².